The van der Waals surface area contributed by atoms with Gasteiger partial charge in [-0.05, 0) is 0 Å². The number of rotatable bonds is 2. The molecule has 0 spiro atoms. The molecule has 11 heteroatoms. The van der Waals surface area contributed by atoms with Gasteiger partial charge >= 0.3 is 0 Å². The minimum Gasteiger partial charge on any atom is -0.412 e. The molecule has 2 aromatic rings. The number of fused-ring (bicyclic) bond motifs is 1. The topological polar surface area (TPSA) is 171 Å². The Kier molecular flexibility index (Phi) is 4.20. The summed E-state index contributed by atoms with van der Waals surface area (Å²) in [6.07, 6.45) is -1.03. The highest BCUT2D eigenvalue weighted by Crippen LogP contribution is 2.34. The van der Waals surface area contributed by atoms with E-state index >= 15 is 0 Å². The first-order valence-electron chi connectivity index (χ1n) is 5.87. The van der Waals surface area contributed by atoms with Crippen LogP contribution >= 0.6 is 12.6 Å². The van der Waals surface area contributed by atoms with E-state index in [0.717, 1.165) is 0 Å². The maximum absolute atomic E-state index is 11.7. The monoisotopic (exact) mass is 317 g/mol. The first kappa shape index (κ1) is 15.7. The number of aromatic amines is 1. The minimum atomic E-state index is -0.940. The zero-order chi connectivity index (χ0) is 14.4. The number of aliphatic hydroxyl groups is 2. The van der Waals surface area contributed by atoms with E-state index in [-0.39, 0.29) is 29.2 Å². The van der Waals surface area contributed by atoms with Crippen LogP contribution in [0, 0.1) is 0 Å². The molecule has 0 unspecified atom stereocenters. The molecule has 0 aromatic carbocycles. The van der Waals surface area contributed by atoms with E-state index in [1.165, 1.54) is 10.9 Å². The molecule has 7 N–H and O–H groups in total. The summed E-state index contributed by atoms with van der Waals surface area (Å²) in [5.41, 5.74) is 5.40. The van der Waals surface area contributed by atoms with Crippen LogP contribution in [-0.2, 0) is 4.74 Å². The molecule has 0 saturated carbocycles. The molecule has 2 aromatic heterocycles. The Bertz CT molecular complexity index is 703. The molecule has 3 rings (SSSR count). The summed E-state index contributed by atoms with van der Waals surface area (Å²) in [5, 5.41) is 18.4. The maximum Gasteiger partial charge on any atom is 0.280 e. The van der Waals surface area contributed by atoms with Crippen molar-refractivity contribution in [2.45, 2.75) is 23.7 Å². The van der Waals surface area contributed by atoms with Gasteiger partial charge in [0.25, 0.3) is 5.56 Å². The molecule has 10 nitrogen and oxygen atoms in total. The fourth-order valence-corrected chi connectivity index (χ4v) is 2.65. The molecule has 1 fully saturated rings. The van der Waals surface area contributed by atoms with E-state index in [1.54, 1.807) is 0 Å². The van der Waals surface area contributed by atoms with Crippen molar-refractivity contribution in [2.75, 3.05) is 12.3 Å². The highest BCUT2D eigenvalue weighted by Gasteiger charge is 2.43. The number of H-pyrrole nitrogens is 1. The third kappa shape index (κ3) is 2.38. The van der Waals surface area contributed by atoms with Gasteiger partial charge in [-0.15, -0.1) is 0 Å². The summed E-state index contributed by atoms with van der Waals surface area (Å²) < 4.78 is 6.99. The van der Waals surface area contributed by atoms with Gasteiger partial charge in [-0.3, -0.25) is 14.3 Å². The summed E-state index contributed by atoms with van der Waals surface area (Å²) in [5.74, 6) is -0.0442. The highest BCUT2D eigenvalue weighted by molar-refractivity contribution is 7.81. The number of anilines is 1. The molecule has 1 aliphatic heterocycles. The van der Waals surface area contributed by atoms with Crippen LogP contribution < -0.4 is 11.3 Å². The van der Waals surface area contributed by atoms with E-state index in [2.05, 4.69) is 27.6 Å². The molecule has 21 heavy (non-hydrogen) atoms. The van der Waals surface area contributed by atoms with Gasteiger partial charge < -0.3 is 26.2 Å². The van der Waals surface area contributed by atoms with Crippen LogP contribution in [0.3, 0.4) is 0 Å². The Morgan fingerprint density at radius 1 is 1.57 bits per heavy atom. The quantitative estimate of drug-likeness (QED) is 0.379. The predicted molar refractivity (Wildman–Crippen MR) is 76.0 cm³/mol. The number of thiol groups is 1. The standard InChI is InChI=1S/C10H13N5O4S.H2O/c11-10-13-7-4(8(18)14-10)12-2-15(7)9-6(20)5(17)3(1-16)19-9;/h2-3,5-6,9,16-17,20H,1H2,(H3,11,13,14,18);1H2/t3-,5-,6-,9-;/m1./s1. The number of nitrogens with two attached hydrogens (primary N) is 1. The molecular formula is C10H15N5O5S. The third-order valence-electron chi connectivity index (χ3n) is 3.24. The lowest BCUT2D eigenvalue weighted by Gasteiger charge is -2.16. The summed E-state index contributed by atoms with van der Waals surface area (Å²) in [6.45, 7) is -0.336. The van der Waals surface area contributed by atoms with E-state index < -0.39 is 29.2 Å². The number of hydrogen-bond donors (Lipinski definition) is 5. The fraction of sp³-hybridized carbons (Fsp3) is 0.500. The molecule has 0 aliphatic carbocycles. The van der Waals surface area contributed by atoms with E-state index in [9.17, 15) is 9.90 Å². The lowest BCUT2D eigenvalue weighted by molar-refractivity contribution is -0.0430. The number of nitrogen functional groups attached to an aromatic ring is 1. The summed E-state index contributed by atoms with van der Waals surface area (Å²) in [7, 11) is 0. The van der Waals surface area contributed by atoms with E-state index in [0.29, 0.717) is 0 Å². The van der Waals surface area contributed by atoms with Crippen molar-refractivity contribution in [1.82, 2.24) is 19.5 Å². The zero-order valence-electron chi connectivity index (χ0n) is 10.7. The summed E-state index contributed by atoms with van der Waals surface area (Å²) in [4.78, 5) is 22.0. The van der Waals surface area contributed by atoms with Crippen LogP contribution in [0.15, 0.2) is 11.1 Å². The number of imidazole rings is 1. The second kappa shape index (κ2) is 5.61. The summed E-state index contributed by atoms with van der Waals surface area (Å²) in [6, 6.07) is 0. The van der Waals surface area contributed by atoms with Crippen LogP contribution in [0.2, 0.25) is 0 Å². The van der Waals surface area contributed by atoms with E-state index in [1.807, 2.05) is 0 Å². The van der Waals surface area contributed by atoms with Gasteiger partial charge in [-0.1, -0.05) is 0 Å². The minimum absolute atomic E-state index is 0. The normalized spacial score (nSPS) is 28.7. The molecule has 0 amide bonds. The number of nitrogens with one attached hydrogen (secondary N) is 1. The number of ether oxygens (including phenoxy) is 1. The van der Waals surface area contributed by atoms with Crippen molar-refractivity contribution >= 4 is 29.7 Å². The van der Waals surface area contributed by atoms with E-state index in [4.69, 9.17) is 15.6 Å². The Labute approximate surface area is 123 Å². The first-order valence-corrected chi connectivity index (χ1v) is 6.39. The molecular weight excluding hydrogens is 302 g/mol. The molecule has 1 saturated heterocycles. The number of aliphatic hydroxyl groups excluding tert-OH is 2. The van der Waals surface area contributed by atoms with Gasteiger partial charge in [0.2, 0.25) is 5.95 Å². The lowest BCUT2D eigenvalue weighted by Crippen LogP contribution is -2.30. The highest BCUT2D eigenvalue weighted by atomic mass is 32.1. The lowest BCUT2D eigenvalue weighted by atomic mass is 10.2. The van der Waals surface area contributed by atoms with Crippen LogP contribution in [0.25, 0.3) is 11.2 Å². The van der Waals surface area contributed by atoms with Gasteiger partial charge in [0.05, 0.1) is 24.3 Å². The van der Waals surface area contributed by atoms with Gasteiger partial charge in [-0.25, -0.2) is 4.98 Å². The van der Waals surface area contributed by atoms with Crippen molar-refractivity contribution in [3.63, 3.8) is 0 Å². The zero-order valence-corrected chi connectivity index (χ0v) is 11.6. The van der Waals surface area contributed by atoms with Crippen LogP contribution in [0.5, 0.6) is 0 Å². The Balaban J connectivity index is 0.00000161. The SMILES string of the molecule is Nc1nc2c(ncn2[C@@H]2O[C@H](CO)[C@@H](O)[C@H]2S)c(=O)[nH]1.O. The average Bonchev–Trinajstić information content (AvgIpc) is 2.93. The molecule has 0 radical (unpaired) electrons. The van der Waals surface area contributed by atoms with Crippen molar-refractivity contribution in [3.05, 3.63) is 16.7 Å². The molecule has 4 atom stereocenters. The molecule has 3 heterocycles. The number of aromatic nitrogens is 4. The Morgan fingerprint density at radius 2 is 2.29 bits per heavy atom. The smallest absolute Gasteiger partial charge is 0.280 e. The maximum atomic E-state index is 11.7. The second-order valence-corrected chi connectivity index (χ2v) is 5.10. The van der Waals surface area contributed by atoms with Crippen LogP contribution in [0.1, 0.15) is 6.23 Å². The van der Waals surface area contributed by atoms with Crippen LogP contribution in [0.4, 0.5) is 5.95 Å². The largest absolute Gasteiger partial charge is 0.412 e. The summed E-state index contributed by atoms with van der Waals surface area (Å²) >= 11 is 4.28. The van der Waals surface area contributed by atoms with Crippen molar-refractivity contribution in [3.8, 4) is 0 Å². The fourth-order valence-electron chi connectivity index (χ4n) is 2.24. The van der Waals surface area contributed by atoms with Gasteiger partial charge in [0.15, 0.2) is 17.4 Å². The molecule has 1 aliphatic rings. The second-order valence-electron chi connectivity index (χ2n) is 4.50. The van der Waals surface area contributed by atoms with Crippen molar-refractivity contribution < 1.29 is 20.4 Å². The predicted octanol–water partition coefficient (Wildman–Crippen LogP) is -2.57. The van der Waals surface area contributed by atoms with Gasteiger partial charge in [-0.2, -0.15) is 17.6 Å². The van der Waals surface area contributed by atoms with Gasteiger partial charge in [0, 0.05) is 0 Å². The first-order chi connectivity index (χ1) is 9.52. The Hall–Kier alpha value is -1.66. The Morgan fingerprint density at radius 3 is 2.90 bits per heavy atom. The molecule has 116 valence electrons. The number of nitrogens with zero attached hydrogens (tertiary/aromatic N) is 3. The number of hydrogen-bond acceptors (Lipinski definition) is 8. The van der Waals surface area contributed by atoms with Gasteiger partial charge in [0.1, 0.15) is 6.10 Å². The van der Waals surface area contributed by atoms with Crippen LogP contribution in [-0.4, -0.2) is 59.3 Å². The van der Waals surface area contributed by atoms with Crippen molar-refractivity contribution in [2.24, 2.45) is 0 Å². The van der Waals surface area contributed by atoms with Crippen molar-refractivity contribution in [1.29, 1.82) is 0 Å². The molecule has 0 bridgehead atoms. The average molecular weight is 317 g/mol. The third-order valence-corrected chi connectivity index (χ3v) is 3.80.